The third kappa shape index (κ3) is 9.38. The summed E-state index contributed by atoms with van der Waals surface area (Å²) < 4.78 is 54.4. The van der Waals surface area contributed by atoms with E-state index in [1.807, 2.05) is 0 Å². The predicted octanol–water partition coefficient (Wildman–Crippen LogP) is 4.87. The standard InChI is InChI=1S/C42H34O16/c1-5-35(43)53-28-16-17-29(31(20-28)49-3)42(48)55-27-14-9-24(10-15-27)40(46)58-34-22-52-37-33(21-51-38(34)37)57-39(45)23-7-12-26(13-8-23)54-41(47)25-11-18-30(32(19-25)50-4)56-36(44)6-2/h5-20,33-34,37-38H,1-2,21-22H2,3-4H3/t33-,34+,37-,38-/m1/s1. The number of benzene rings is 4. The fourth-order valence-corrected chi connectivity index (χ4v) is 5.78. The van der Waals surface area contributed by atoms with Crippen molar-refractivity contribution in [1.82, 2.24) is 0 Å². The molecular formula is C42H34O16. The lowest BCUT2D eigenvalue weighted by Gasteiger charge is -2.17. The van der Waals surface area contributed by atoms with Crippen molar-refractivity contribution in [3.63, 3.8) is 0 Å². The van der Waals surface area contributed by atoms with Gasteiger partial charge in [-0.3, -0.25) is 0 Å². The number of rotatable bonds is 14. The number of hydrogen-bond donors (Lipinski definition) is 0. The molecule has 4 aromatic rings. The van der Waals surface area contributed by atoms with Gasteiger partial charge in [-0.1, -0.05) is 13.2 Å². The summed E-state index contributed by atoms with van der Waals surface area (Å²) in [5.41, 5.74) is 0.505. The third-order valence-electron chi connectivity index (χ3n) is 8.64. The highest BCUT2D eigenvalue weighted by atomic mass is 16.7. The van der Waals surface area contributed by atoms with Gasteiger partial charge in [-0.25, -0.2) is 28.8 Å². The van der Waals surface area contributed by atoms with Crippen molar-refractivity contribution in [2.24, 2.45) is 0 Å². The molecule has 0 bridgehead atoms. The number of ether oxygens (including phenoxy) is 10. The zero-order chi connectivity index (χ0) is 41.3. The molecule has 4 atom stereocenters. The van der Waals surface area contributed by atoms with Gasteiger partial charge in [0.1, 0.15) is 40.8 Å². The number of fused-ring (bicyclic) bond motifs is 1. The van der Waals surface area contributed by atoms with Crippen LogP contribution in [0.2, 0.25) is 0 Å². The maximum absolute atomic E-state index is 13.0. The monoisotopic (exact) mass is 794 g/mol. The summed E-state index contributed by atoms with van der Waals surface area (Å²) in [6, 6.07) is 19.6. The van der Waals surface area contributed by atoms with E-state index in [2.05, 4.69) is 13.2 Å². The minimum Gasteiger partial charge on any atom is -0.496 e. The van der Waals surface area contributed by atoms with Crippen molar-refractivity contribution >= 4 is 35.8 Å². The minimum atomic E-state index is -0.799. The zero-order valence-corrected chi connectivity index (χ0v) is 30.9. The molecule has 2 fully saturated rings. The van der Waals surface area contributed by atoms with E-state index in [9.17, 15) is 28.8 Å². The van der Waals surface area contributed by atoms with Gasteiger partial charge < -0.3 is 47.4 Å². The van der Waals surface area contributed by atoms with E-state index in [4.69, 9.17) is 47.4 Å². The molecule has 6 rings (SSSR count). The van der Waals surface area contributed by atoms with E-state index < -0.39 is 60.2 Å². The van der Waals surface area contributed by atoms with Crippen LogP contribution in [0.5, 0.6) is 34.5 Å². The normalized spacial score (nSPS) is 17.8. The SMILES string of the molecule is C=CC(=O)Oc1ccc(C(=O)Oc2ccc(C(=O)O[C@H]3CO[C@H]4[C@@H]3OC[C@H]4OC(=O)c3ccc(OC(=O)c4ccc(OC(=O)C=C)c(OC)c4)cc3)cc2)c(OC)c1. The van der Waals surface area contributed by atoms with E-state index in [-0.39, 0.29) is 70.0 Å². The van der Waals surface area contributed by atoms with E-state index in [0.717, 1.165) is 12.2 Å². The van der Waals surface area contributed by atoms with Gasteiger partial charge in [-0.15, -0.1) is 0 Å². The number of carbonyl (C=O) groups is 6. The lowest BCUT2D eigenvalue weighted by Crippen LogP contribution is -2.36. The van der Waals surface area contributed by atoms with Crippen LogP contribution in [0.25, 0.3) is 0 Å². The summed E-state index contributed by atoms with van der Waals surface area (Å²) in [4.78, 5) is 74.7. The maximum Gasteiger partial charge on any atom is 0.347 e. The Bertz CT molecular complexity index is 2240. The first kappa shape index (κ1) is 40.4. The maximum atomic E-state index is 13.0. The largest absolute Gasteiger partial charge is 0.496 e. The molecule has 0 saturated carbocycles. The van der Waals surface area contributed by atoms with Crippen LogP contribution in [0.4, 0.5) is 0 Å². The topological polar surface area (TPSA) is 195 Å². The summed E-state index contributed by atoms with van der Waals surface area (Å²) in [5.74, 6) is -3.48. The van der Waals surface area contributed by atoms with Gasteiger partial charge in [0.15, 0.2) is 23.7 Å². The predicted molar refractivity (Wildman–Crippen MR) is 198 cm³/mol. The molecule has 16 nitrogen and oxygen atoms in total. The summed E-state index contributed by atoms with van der Waals surface area (Å²) in [7, 11) is 2.69. The fraction of sp³-hybridized carbons (Fsp3) is 0.190. The Labute approximate surface area is 330 Å². The molecule has 2 aliphatic rings. The highest BCUT2D eigenvalue weighted by Gasteiger charge is 2.51. The Kier molecular flexibility index (Phi) is 12.6. The average Bonchev–Trinajstić information content (AvgIpc) is 3.83. The minimum absolute atomic E-state index is 0.00654. The lowest BCUT2D eigenvalue weighted by atomic mass is 10.1. The molecule has 0 spiro atoms. The smallest absolute Gasteiger partial charge is 0.347 e. The first-order chi connectivity index (χ1) is 28.0. The molecule has 0 N–H and O–H groups in total. The van der Waals surface area contributed by atoms with Crippen molar-refractivity contribution in [3.05, 3.63) is 132 Å². The van der Waals surface area contributed by atoms with Crippen molar-refractivity contribution in [1.29, 1.82) is 0 Å². The molecular weight excluding hydrogens is 760 g/mol. The van der Waals surface area contributed by atoms with Gasteiger partial charge in [0.2, 0.25) is 0 Å². The van der Waals surface area contributed by atoms with Gasteiger partial charge in [-0.05, 0) is 78.9 Å². The van der Waals surface area contributed by atoms with E-state index in [1.54, 1.807) is 0 Å². The van der Waals surface area contributed by atoms with Crippen LogP contribution in [0.1, 0.15) is 41.4 Å². The molecule has 0 aromatic heterocycles. The Morgan fingerprint density at radius 2 is 1.00 bits per heavy atom. The summed E-state index contributed by atoms with van der Waals surface area (Å²) in [6.07, 6.45) is -1.01. The fourth-order valence-electron chi connectivity index (χ4n) is 5.78. The van der Waals surface area contributed by atoms with Crippen LogP contribution < -0.4 is 28.4 Å². The number of esters is 6. The van der Waals surface area contributed by atoms with Crippen LogP contribution in [0.15, 0.2) is 110 Å². The molecule has 16 heteroatoms. The summed E-state index contributed by atoms with van der Waals surface area (Å²) in [5, 5.41) is 0. The van der Waals surface area contributed by atoms with Gasteiger partial charge in [0.05, 0.1) is 44.1 Å². The molecule has 58 heavy (non-hydrogen) atoms. The summed E-state index contributed by atoms with van der Waals surface area (Å²) in [6.45, 7) is 6.66. The van der Waals surface area contributed by atoms with Crippen molar-refractivity contribution in [2.45, 2.75) is 24.4 Å². The molecule has 298 valence electrons. The van der Waals surface area contributed by atoms with Crippen LogP contribution in [0, 0.1) is 0 Å². The molecule has 0 aliphatic carbocycles. The average molecular weight is 795 g/mol. The third-order valence-corrected chi connectivity index (χ3v) is 8.64. The Hall–Kier alpha value is -7.30. The van der Waals surface area contributed by atoms with Crippen LogP contribution >= 0.6 is 0 Å². The van der Waals surface area contributed by atoms with Gasteiger partial charge in [-0.2, -0.15) is 0 Å². The van der Waals surface area contributed by atoms with Crippen LogP contribution in [0.3, 0.4) is 0 Å². The van der Waals surface area contributed by atoms with E-state index in [1.165, 1.54) is 99.1 Å². The molecule has 0 unspecified atom stereocenters. The van der Waals surface area contributed by atoms with Crippen molar-refractivity contribution < 1.29 is 76.1 Å². The molecule has 0 radical (unpaired) electrons. The van der Waals surface area contributed by atoms with Gasteiger partial charge in [0.25, 0.3) is 0 Å². The summed E-state index contributed by atoms with van der Waals surface area (Å²) >= 11 is 0. The molecule has 2 heterocycles. The number of methoxy groups -OCH3 is 2. The number of carbonyl (C=O) groups excluding carboxylic acids is 6. The highest BCUT2D eigenvalue weighted by molar-refractivity contribution is 5.95. The van der Waals surface area contributed by atoms with Crippen molar-refractivity contribution in [3.8, 4) is 34.5 Å². The van der Waals surface area contributed by atoms with E-state index in [0.29, 0.717) is 0 Å². The number of hydrogen-bond acceptors (Lipinski definition) is 16. The van der Waals surface area contributed by atoms with Gasteiger partial charge >= 0.3 is 35.8 Å². The second kappa shape index (κ2) is 18.1. The lowest BCUT2D eigenvalue weighted by molar-refractivity contribution is -0.129. The highest BCUT2D eigenvalue weighted by Crippen LogP contribution is 2.33. The van der Waals surface area contributed by atoms with Crippen LogP contribution in [-0.2, 0) is 28.5 Å². The Morgan fingerprint density at radius 3 is 1.52 bits per heavy atom. The first-order valence-corrected chi connectivity index (χ1v) is 17.3. The molecule has 0 amide bonds. The molecule has 2 aliphatic heterocycles. The molecule has 2 saturated heterocycles. The van der Waals surface area contributed by atoms with E-state index >= 15 is 0 Å². The van der Waals surface area contributed by atoms with Crippen molar-refractivity contribution in [2.75, 3.05) is 27.4 Å². The second-order valence-corrected chi connectivity index (χ2v) is 12.3. The second-order valence-electron chi connectivity index (χ2n) is 12.3. The van der Waals surface area contributed by atoms with Crippen LogP contribution in [-0.4, -0.2) is 87.7 Å². The van der Waals surface area contributed by atoms with Gasteiger partial charge in [0, 0.05) is 18.2 Å². The zero-order valence-electron chi connectivity index (χ0n) is 30.9. The Morgan fingerprint density at radius 1 is 0.517 bits per heavy atom. The molecule has 4 aromatic carbocycles. The first-order valence-electron chi connectivity index (χ1n) is 17.3. The Balaban J connectivity index is 0.981. The quantitative estimate of drug-likeness (QED) is 0.0952.